The first-order valence-electron chi connectivity index (χ1n) is 6.18. The fourth-order valence-electron chi connectivity index (χ4n) is 2.14. The minimum absolute atomic E-state index is 0.114. The van der Waals surface area contributed by atoms with Crippen molar-refractivity contribution in [1.29, 1.82) is 0 Å². The highest BCUT2D eigenvalue weighted by molar-refractivity contribution is 7.89. The molecular weight excluding hydrogens is 284 g/mol. The van der Waals surface area contributed by atoms with Gasteiger partial charge in [0.2, 0.25) is 10.0 Å². The van der Waals surface area contributed by atoms with E-state index >= 15 is 0 Å². The highest BCUT2D eigenvalue weighted by Gasteiger charge is 2.30. The van der Waals surface area contributed by atoms with Crippen molar-refractivity contribution in [3.05, 3.63) is 16.3 Å². The zero-order valence-electron chi connectivity index (χ0n) is 11.8. The van der Waals surface area contributed by atoms with E-state index in [0.29, 0.717) is 18.0 Å². The van der Waals surface area contributed by atoms with Gasteiger partial charge in [0.15, 0.2) is 0 Å². The number of hydrogen-bond donors (Lipinski definition) is 1. The second-order valence-corrected chi connectivity index (χ2v) is 7.55. The minimum atomic E-state index is -3.54. The third kappa shape index (κ3) is 3.76. The van der Waals surface area contributed by atoms with Crippen LogP contribution in [0.4, 0.5) is 0 Å². The topological polar surface area (TPSA) is 60.9 Å². The van der Waals surface area contributed by atoms with E-state index in [4.69, 9.17) is 0 Å². The van der Waals surface area contributed by atoms with Gasteiger partial charge in [-0.15, -0.1) is 11.3 Å². The Labute approximate surface area is 119 Å². The van der Waals surface area contributed by atoms with Gasteiger partial charge < -0.3 is 10.0 Å². The van der Waals surface area contributed by atoms with E-state index in [9.17, 15) is 13.5 Å². The molecule has 19 heavy (non-hydrogen) atoms. The van der Waals surface area contributed by atoms with Crippen LogP contribution < -0.4 is 0 Å². The fourth-order valence-corrected chi connectivity index (χ4v) is 5.04. The lowest BCUT2D eigenvalue weighted by Crippen LogP contribution is -2.43. The van der Waals surface area contributed by atoms with Crippen LogP contribution in [0.25, 0.3) is 0 Å². The highest BCUT2D eigenvalue weighted by Crippen LogP contribution is 2.26. The molecule has 1 heterocycles. The summed E-state index contributed by atoms with van der Waals surface area (Å²) in [6.45, 7) is 4.55. The Kier molecular flexibility index (Phi) is 5.94. The third-order valence-electron chi connectivity index (χ3n) is 2.87. The first-order valence-corrected chi connectivity index (χ1v) is 8.50. The van der Waals surface area contributed by atoms with Gasteiger partial charge in [-0.1, -0.05) is 6.92 Å². The molecule has 1 aromatic rings. The van der Waals surface area contributed by atoms with E-state index in [-0.39, 0.29) is 17.5 Å². The summed E-state index contributed by atoms with van der Waals surface area (Å²) in [5.41, 5.74) is 0. The van der Waals surface area contributed by atoms with E-state index in [1.165, 1.54) is 15.6 Å². The molecule has 1 atom stereocenters. The predicted molar refractivity (Wildman–Crippen MR) is 77.8 cm³/mol. The van der Waals surface area contributed by atoms with Crippen LogP contribution >= 0.6 is 11.3 Å². The molecule has 1 rings (SSSR count). The summed E-state index contributed by atoms with van der Waals surface area (Å²) in [6, 6.07) is 1.45. The molecule has 0 amide bonds. The molecule has 0 radical (unpaired) electrons. The van der Waals surface area contributed by atoms with E-state index < -0.39 is 10.0 Å². The number of likely N-dealkylation sites (N-methyl/N-ethyl adjacent to an activating group) is 2. The maximum Gasteiger partial charge on any atom is 0.244 e. The summed E-state index contributed by atoms with van der Waals surface area (Å²) >= 11 is 1.26. The van der Waals surface area contributed by atoms with Crippen LogP contribution in [0, 0.1) is 0 Å². The van der Waals surface area contributed by atoms with Crippen molar-refractivity contribution < 1.29 is 13.5 Å². The van der Waals surface area contributed by atoms with Crippen LogP contribution in [-0.2, 0) is 16.6 Å². The molecule has 1 N–H and O–H groups in total. The second kappa shape index (κ2) is 6.81. The number of aliphatic hydroxyl groups is 1. The zero-order valence-corrected chi connectivity index (χ0v) is 13.5. The molecule has 110 valence electrons. The molecule has 0 bridgehead atoms. The summed E-state index contributed by atoms with van der Waals surface area (Å²) in [5.74, 6) is 0. The highest BCUT2D eigenvalue weighted by atomic mass is 32.2. The molecule has 0 saturated carbocycles. The van der Waals surface area contributed by atoms with Crippen LogP contribution in [0.15, 0.2) is 16.3 Å². The largest absolute Gasteiger partial charge is 0.391 e. The number of hydrogen-bond acceptors (Lipinski definition) is 5. The van der Waals surface area contributed by atoms with Crippen molar-refractivity contribution in [2.45, 2.75) is 31.4 Å². The molecule has 0 aliphatic heterocycles. The Hall–Kier alpha value is -0.470. The van der Waals surface area contributed by atoms with Gasteiger partial charge in [-0.2, -0.15) is 4.31 Å². The lowest BCUT2D eigenvalue weighted by atomic mass is 10.3. The monoisotopic (exact) mass is 306 g/mol. The molecule has 0 aliphatic rings. The number of rotatable bonds is 7. The van der Waals surface area contributed by atoms with Crippen molar-refractivity contribution in [3.63, 3.8) is 0 Å². The van der Waals surface area contributed by atoms with Gasteiger partial charge in [0.1, 0.15) is 0 Å². The summed E-state index contributed by atoms with van der Waals surface area (Å²) in [5, 5.41) is 10.9. The number of thiophene rings is 1. The summed E-state index contributed by atoms with van der Waals surface area (Å²) < 4.78 is 26.7. The third-order valence-corrected chi connectivity index (χ3v) is 6.08. The molecule has 0 fully saturated rings. The van der Waals surface area contributed by atoms with Gasteiger partial charge in [0.05, 0.1) is 11.5 Å². The summed E-state index contributed by atoms with van der Waals surface area (Å²) in [6.07, 6.45) is 0. The van der Waals surface area contributed by atoms with Crippen molar-refractivity contribution in [1.82, 2.24) is 9.21 Å². The van der Waals surface area contributed by atoms with Gasteiger partial charge in [-0.25, -0.2) is 8.42 Å². The lowest BCUT2D eigenvalue weighted by Gasteiger charge is -2.29. The Morgan fingerprint density at radius 1 is 1.42 bits per heavy atom. The maximum absolute atomic E-state index is 12.6. The SMILES string of the molecule is CCN(C(C)CN(C)C)S(=O)(=O)c1ccsc1CO. The summed E-state index contributed by atoms with van der Waals surface area (Å²) in [7, 11) is 0.296. The maximum atomic E-state index is 12.6. The van der Waals surface area contributed by atoms with E-state index in [0.717, 1.165) is 0 Å². The van der Waals surface area contributed by atoms with Gasteiger partial charge in [0, 0.05) is 24.0 Å². The average molecular weight is 306 g/mol. The second-order valence-electron chi connectivity index (χ2n) is 4.69. The molecule has 1 unspecified atom stereocenters. The van der Waals surface area contributed by atoms with Gasteiger partial charge >= 0.3 is 0 Å². The first kappa shape index (κ1) is 16.6. The Bertz CT molecular complexity index is 497. The Morgan fingerprint density at radius 3 is 2.53 bits per heavy atom. The smallest absolute Gasteiger partial charge is 0.244 e. The average Bonchev–Trinajstić information content (AvgIpc) is 2.76. The number of nitrogens with zero attached hydrogens (tertiary/aromatic N) is 2. The van der Waals surface area contributed by atoms with E-state index in [1.807, 2.05) is 32.8 Å². The summed E-state index contributed by atoms with van der Waals surface area (Å²) in [4.78, 5) is 2.69. The van der Waals surface area contributed by atoms with Gasteiger partial charge in [-0.3, -0.25) is 0 Å². The Morgan fingerprint density at radius 2 is 2.05 bits per heavy atom. The quantitative estimate of drug-likeness (QED) is 0.822. The molecule has 7 heteroatoms. The molecule has 1 aromatic heterocycles. The van der Waals surface area contributed by atoms with Gasteiger partial charge in [-0.05, 0) is 32.5 Å². The van der Waals surface area contributed by atoms with E-state index in [1.54, 1.807) is 11.4 Å². The molecule has 5 nitrogen and oxygen atoms in total. The van der Waals surface area contributed by atoms with Crippen LogP contribution in [0.3, 0.4) is 0 Å². The van der Waals surface area contributed by atoms with Crippen molar-refractivity contribution >= 4 is 21.4 Å². The standard InChI is InChI=1S/C12H22N2O3S2/c1-5-14(10(2)8-13(3)4)19(16,17)12-6-7-18-11(12)9-15/h6-7,10,15H,5,8-9H2,1-4H3. The van der Waals surface area contributed by atoms with Crippen molar-refractivity contribution in [2.75, 3.05) is 27.2 Å². The molecule has 0 aromatic carbocycles. The molecule has 0 aliphatic carbocycles. The van der Waals surface area contributed by atoms with Crippen LogP contribution in [0.5, 0.6) is 0 Å². The molecule has 0 spiro atoms. The van der Waals surface area contributed by atoms with Crippen molar-refractivity contribution in [3.8, 4) is 0 Å². The fraction of sp³-hybridized carbons (Fsp3) is 0.667. The molecular formula is C12H22N2O3S2. The van der Waals surface area contributed by atoms with Crippen LogP contribution in [0.2, 0.25) is 0 Å². The van der Waals surface area contributed by atoms with E-state index in [2.05, 4.69) is 0 Å². The zero-order chi connectivity index (χ0) is 14.6. The van der Waals surface area contributed by atoms with Crippen LogP contribution in [0.1, 0.15) is 18.7 Å². The van der Waals surface area contributed by atoms with Gasteiger partial charge in [0.25, 0.3) is 0 Å². The lowest BCUT2D eigenvalue weighted by molar-refractivity contribution is 0.268. The van der Waals surface area contributed by atoms with Crippen molar-refractivity contribution in [2.24, 2.45) is 0 Å². The number of aliphatic hydroxyl groups excluding tert-OH is 1. The molecule has 0 saturated heterocycles. The number of sulfonamides is 1. The minimum Gasteiger partial charge on any atom is -0.391 e. The first-order chi connectivity index (χ1) is 8.84. The normalized spacial score (nSPS) is 14.3. The van der Waals surface area contributed by atoms with Crippen LogP contribution in [-0.4, -0.2) is 56.0 Å². The Balaban J connectivity index is 3.09. The predicted octanol–water partition coefficient (Wildman–Crippen LogP) is 1.20.